The quantitative estimate of drug-likeness (QED) is 0.392. The van der Waals surface area contributed by atoms with Gasteiger partial charge >= 0.3 is 5.97 Å². The van der Waals surface area contributed by atoms with E-state index in [0.29, 0.717) is 22.6 Å². The van der Waals surface area contributed by atoms with Crippen LogP contribution in [0.3, 0.4) is 0 Å². The number of aryl methyl sites for hydroxylation is 1. The number of carbonyl (C=O) groups is 1. The molecule has 0 saturated heterocycles. The predicted molar refractivity (Wildman–Crippen MR) is 109 cm³/mol. The van der Waals surface area contributed by atoms with Crippen LogP contribution in [0.4, 0.5) is 4.39 Å². The number of halogens is 1. The summed E-state index contributed by atoms with van der Waals surface area (Å²) in [5, 5.41) is 3.86. The summed E-state index contributed by atoms with van der Waals surface area (Å²) in [7, 11) is 0. The fourth-order valence-corrected chi connectivity index (χ4v) is 2.78. The molecule has 2 aromatic heterocycles. The van der Waals surface area contributed by atoms with Gasteiger partial charge < -0.3 is 14.0 Å². The second kappa shape index (κ2) is 8.74. The lowest BCUT2D eigenvalue weighted by molar-refractivity contribution is 0.0263. The smallest absolute Gasteiger partial charge is 0.342 e. The Labute approximate surface area is 177 Å². The fraction of sp³-hybridized carbons (Fsp3) is 0.130. The molecule has 8 heteroatoms. The van der Waals surface area contributed by atoms with Gasteiger partial charge in [-0.05, 0) is 49.7 Å². The summed E-state index contributed by atoms with van der Waals surface area (Å²) >= 11 is 0. The zero-order chi connectivity index (χ0) is 21.8. The molecule has 4 rings (SSSR count). The van der Waals surface area contributed by atoms with Crippen molar-refractivity contribution in [3.63, 3.8) is 0 Å². The molecule has 4 aromatic rings. The normalized spacial score (nSPS) is 11.7. The highest BCUT2D eigenvalue weighted by Crippen LogP contribution is 2.28. The second-order valence-corrected chi connectivity index (χ2v) is 6.75. The number of rotatable bonds is 6. The summed E-state index contributed by atoms with van der Waals surface area (Å²) < 4.78 is 30.3. The number of benzene rings is 2. The molecule has 2 heterocycles. The maximum atomic E-state index is 13.8. The van der Waals surface area contributed by atoms with Crippen LogP contribution in [0.25, 0.3) is 11.4 Å². The van der Waals surface area contributed by atoms with Gasteiger partial charge in [-0.1, -0.05) is 29.4 Å². The van der Waals surface area contributed by atoms with Crippen molar-refractivity contribution in [1.29, 1.82) is 0 Å². The molecule has 1 atom stereocenters. The van der Waals surface area contributed by atoms with Crippen molar-refractivity contribution in [2.24, 2.45) is 0 Å². The highest BCUT2D eigenvalue weighted by molar-refractivity contribution is 5.92. The van der Waals surface area contributed by atoms with E-state index in [1.807, 2.05) is 0 Å². The van der Waals surface area contributed by atoms with Crippen molar-refractivity contribution >= 4 is 5.97 Å². The van der Waals surface area contributed by atoms with Crippen LogP contribution >= 0.6 is 0 Å². The van der Waals surface area contributed by atoms with Gasteiger partial charge in [0.2, 0.25) is 5.82 Å². The molecule has 0 N–H and O–H groups in total. The molecule has 2 aromatic carbocycles. The van der Waals surface area contributed by atoms with Crippen LogP contribution in [0.1, 0.15) is 34.8 Å². The Morgan fingerprint density at radius 1 is 1.13 bits per heavy atom. The maximum absolute atomic E-state index is 13.8. The van der Waals surface area contributed by atoms with E-state index in [9.17, 15) is 9.18 Å². The van der Waals surface area contributed by atoms with E-state index in [1.54, 1.807) is 74.8 Å². The molecule has 1 unspecified atom stereocenters. The summed E-state index contributed by atoms with van der Waals surface area (Å²) in [6.45, 7) is 3.27. The standard InChI is InChI=1S/C23H18FN3O4/c1-14-9-10-16(12-19(14)24)21-26-22(31-27-21)15(2)29-23(28)18-7-3-4-8-20(18)30-17-6-5-11-25-13-17/h3-13,15H,1-2H3. The highest BCUT2D eigenvalue weighted by Gasteiger charge is 2.22. The highest BCUT2D eigenvalue weighted by atomic mass is 19.1. The van der Waals surface area contributed by atoms with E-state index >= 15 is 0 Å². The summed E-state index contributed by atoms with van der Waals surface area (Å²) in [6, 6.07) is 14.8. The van der Waals surface area contributed by atoms with E-state index < -0.39 is 12.1 Å². The van der Waals surface area contributed by atoms with Crippen LogP contribution in [0, 0.1) is 12.7 Å². The van der Waals surface area contributed by atoms with Crippen LogP contribution in [0.5, 0.6) is 11.5 Å². The lowest BCUT2D eigenvalue weighted by Crippen LogP contribution is -2.10. The Balaban J connectivity index is 1.49. The minimum Gasteiger partial charge on any atom is -0.455 e. The topological polar surface area (TPSA) is 87.3 Å². The van der Waals surface area contributed by atoms with Crippen LogP contribution in [0.15, 0.2) is 71.5 Å². The van der Waals surface area contributed by atoms with E-state index in [2.05, 4.69) is 15.1 Å². The van der Waals surface area contributed by atoms with Gasteiger partial charge in [0, 0.05) is 11.8 Å². The Morgan fingerprint density at radius 2 is 1.97 bits per heavy atom. The zero-order valence-corrected chi connectivity index (χ0v) is 16.8. The average Bonchev–Trinajstić information content (AvgIpc) is 3.27. The molecule has 0 saturated carbocycles. The number of para-hydroxylation sites is 1. The fourth-order valence-electron chi connectivity index (χ4n) is 2.78. The molecule has 156 valence electrons. The molecule has 0 radical (unpaired) electrons. The molecule has 31 heavy (non-hydrogen) atoms. The summed E-state index contributed by atoms with van der Waals surface area (Å²) in [4.78, 5) is 21.0. The first kappa shape index (κ1) is 20.2. The van der Waals surface area contributed by atoms with Gasteiger partial charge in [0.15, 0.2) is 6.10 Å². The molecule has 0 amide bonds. The first-order valence-corrected chi connectivity index (χ1v) is 9.49. The van der Waals surface area contributed by atoms with Crippen LogP contribution < -0.4 is 4.74 Å². The van der Waals surface area contributed by atoms with Gasteiger partial charge in [-0.3, -0.25) is 4.98 Å². The lowest BCUT2D eigenvalue weighted by Gasteiger charge is -2.12. The van der Waals surface area contributed by atoms with Crippen molar-refractivity contribution < 1.29 is 23.2 Å². The van der Waals surface area contributed by atoms with Crippen molar-refractivity contribution in [2.45, 2.75) is 20.0 Å². The molecular weight excluding hydrogens is 401 g/mol. The largest absolute Gasteiger partial charge is 0.455 e. The number of hydrogen-bond acceptors (Lipinski definition) is 7. The SMILES string of the molecule is Cc1ccc(-c2noc(C(C)OC(=O)c3ccccc3Oc3cccnc3)n2)cc1F. The molecule has 0 spiro atoms. The number of nitrogens with zero attached hydrogens (tertiary/aromatic N) is 3. The van der Waals surface area contributed by atoms with Crippen molar-refractivity contribution in [3.05, 3.63) is 89.8 Å². The van der Waals surface area contributed by atoms with E-state index in [1.165, 1.54) is 6.07 Å². The van der Waals surface area contributed by atoms with E-state index in [4.69, 9.17) is 14.0 Å². The first-order chi connectivity index (χ1) is 15.0. The van der Waals surface area contributed by atoms with Crippen LogP contribution in [-0.2, 0) is 4.74 Å². The van der Waals surface area contributed by atoms with Crippen LogP contribution in [0.2, 0.25) is 0 Å². The monoisotopic (exact) mass is 419 g/mol. The molecule has 0 bridgehead atoms. The number of aromatic nitrogens is 3. The second-order valence-electron chi connectivity index (χ2n) is 6.75. The summed E-state index contributed by atoms with van der Waals surface area (Å²) in [6.07, 6.45) is 2.34. The number of carbonyl (C=O) groups excluding carboxylic acids is 1. The first-order valence-electron chi connectivity index (χ1n) is 9.49. The number of pyridine rings is 1. The number of ether oxygens (including phenoxy) is 2. The van der Waals surface area contributed by atoms with Gasteiger partial charge in [0.05, 0.1) is 6.20 Å². The maximum Gasteiger partial charge on any atom is 0.342 e. The minimum absolute atomic E-state index is 0.0926. The Morgan fingerprint density at radius 3 is 2.74 bits per heavy atom. The minimum atomic E-state index is -0.824. The summed E-state index contributed by atoms with van der Waals surface area (Å²) in [5.74, 6) is 0.130. The van der Waals surface area contributed by atoms with Crippen molar-refractivity contribution in [1.82, 2.24) is 15.1 Å². The Bertz CT molecular complexity index is 1210. The third-order valence-electron chi connectivity index (χ3n) is 4.47. The van der Waals surface area contributed by atoms with E-state index in [-0.39, 0.29) is 23.1 Å². The molecule has 7 nitrogen and oxygen atoms in total. The molecular formula is C23H18FN3O4. The lowest BCUT2D eigenvalue weighted by atomic mass is 10.1. The van der Waals surface area contributed by atoms with E-state index in [0.717, 1.165) is 0 Å². The molecule has 0 aliphatic carbocycles. The third kappa shape index (κ3) is 4.58. The van der Waals surface area contributed by atoms with Gasteiger partial charge in [-0.15, -0.1) is 0 Å². The zero-order valence-electron chi connectivity index (χ0n) is 16.8. The van der Waals surface area contributed by atoms with Crippen molar-refractivity contribution in [3.8, 4) is 22.9 Å². The van der Waals surface area contributed by atoms with Gasteiger partial charge in [-0.25, -0.2) is 9.18 Å². The van der Waals surface area contributed by atoms with Crippen LogP contribution in [-0.4, -0.2) is 21.1 Å². The van der Waals surface area contributed by atoms with Gasteiger partial charge in [0.1, 0.15) is 22.9 Å². The van der Waals surface area contributed by atoms with Crippen molar-refractivity contribution in [2.75, 3.05) is 0 Å². The molecule has 0 fully saturated rings. The number of hydrogen-bond donors (Lipinski definition) is 0. The Kier molecular flexibility index (Phi) is 5.70. The predicted octanol–water partition coefficient (Wildman–Crippen LogP) is 5.29. The van der Waals surface area contributed by atoms with Gasteiger partial charge in [-0.2, -0.15) is 4.98 Å². The Hall–Kier alpha value is -4.07. The van der Waals surface area contributed by atoms with Gasteiger partial charge in [0.25, 0.3) is 5.89 Å². The third-order valence-corrected chi connectivity index (χ3v) is 4.47. The number of esters is 1. The molecule has 0 aliphatic heterocycles. The average molecular weight is 419 g/mol. The molecule has 0 aliphatic rings. The summed E-state index contributed by atoms with van der Waals surface area (Å²) in [5.41, 5.74) is 1.22.